The van der Waals surface area contributed by atoms with E-state index in [2.05, 4.69) is 12.7 Å². The van der Waals surface area contributed by atoms with E-state index in [9.17, 15) is 4.21 Å². The van der Waals surface area contributed by atoms with Gasteiger partial charge in [-0.1, -0.05) is 32.9 Å². The second-order valence-corrected chi connectivity index (χ2v) is 3.36. The van der Waals surface area contributed by atoms with Crippen LogP contribution in [-0.4, -0.2) is 11.3 Å². The first-order chi connectivity index (χ1) is 7.24. The second-order valence-electron chi connectivity index (χ2n) is 2.29. The van der Waals surface area contributed by atoms with Crippen LogP contribution in [0.25, 0.3) is 0 Å². The predicted molar refractivity (Wildman–Crippen MR) is 67.9 cm³/mol. The molecule has 4 N–H and O–H groups in total. The Morgan fingerprint density at radius 2 is 1.53 bits per heavy atom. The van der Waals surface area contributed by atoms with Gasteiger partial charge in [0.15, 0.2) is 0 Å². The maximum atomic E-state index is 10.7. The van der Waals surface area contributed by atoms with Gasteiger partial charge in [0.25, 0.3) is 0 Å². The van der Waals surface area contributed by atoms with E-state index in [-0.39, 0.29) is 0 Å². The van der Waals surface area contributed by atoms with Gasteiger partial charge >= 0.3 is 0 Å². The highest BCUT2D eigenvalue weighted by molar-refractivity contribution is 7.82. The van der Waals surface area contributed by atoms with Crippen LogP contribution < -0.4 is 10.9 Å². The molecule has 0 heterocycles. The molecule has 0 aliphatic heterocycles. The lowest BCUT2D eigenvalue weighted by Crippen LogP contribution is -2.02. The van der Waals surface area contributed by atoms with Crippen molar-refractivity contribution in [2.24, 2.45) is 10.9 Å². The molecule has 0 radical (unpaired) electrons. The number of aryl methyl sites for hydroxylation is 1. The smallest absolute Gasteiger partial charge is 0.122 e. The first-order valence-corrected chi connectivity index (χ1v) is 6.28. The fourth-order valence-corrected chi connectivity index (χ4v) is 1.26. The molecule has 0 spiro atoms. The third-order valence-corrected chi connectivity index (χ3v) is 2.30. The SMILES string of the molecule is CC.CCc1ccc(S(N)=O)cc1.CN. The molecular formula is C11H22N2OS. The van der Waals surface area contributed by atoms with Crippen molar-refractivity contribution in [1.82, 2.24) is 0 Å². The summed E-state index contributed by atoms with van der Waals surface area (Å²) >= 11 is 0. The van der Waals surface area contributed by atoms with Crippen LogP contribution >= 0.6 is 0 Å². The molecule has 0 saturated heterocycles. The quantitative estimate of drug-likeness (QED) is 0.814. The van der Waals surface area contributed by atoms with Crippen molar-refractivity contribution < 1.29 is 4.21 Å². The highest BCUT2D eigenvalue weighted by atomic mass is 32.2. The minimum absolute atomic E-state index is 0.683. The number of hydrogen-bond donors (Lipinski definition) is 2. The van der Waals surface area contributed by atoms with Crippen LogP contribution in [0.1, 0.15) is 26.3 Å². The third-order valence-electron chi connectivity index (χ3n) is 1.56. The average Bonchev–Trinajstić information content (AvgIpc) is 2.34. The second kappa shape index (κ2) is 11.4. The van der Waals surface area contributed by atoms with Gasteiger partial charge in [-0.15, -0.1) is 0 Å². The zero-order valence-electron chi connectivity index (χ0n) is 9.99. The lowest BCUT2D eigenvalue weighted by molar-refractivity contribution is 0.684. The molecule has 0 fully saturated rings. The van der Waals surface area contributed by atoms with Crippen molar-refractivity contribution in [3.63, 3.8) is 0 Å². The summed E-state index contributed by atoms with van der Waals surface area (Å²) < 4.78 is 10.7. The van der Waals surface area contributed by atoms with Crippen molar-refractivity contribution in [1.29, 1.82) is 0 Å². The molecule has 88 valence electrons. The van der Waals surface area contributed by atoms with Gasteiger partial charge in [-0.05, 0) is 31.2 Å². The number of nitrogens with two attached hydrogens (primary N) is 2. The zero-order chi connectivity index (χ0) is 12.3. The monoisotopic (exact) mass is 230 g/mol. The first kappa shape index (κ1) is 16.7. The lowest BCUT2D eigenvalue weighted by atomic mass is 10.2. The Hall–Kier alpha value is -0.710. The maximum absolute atomic E-state index is 10.7. The molecule has 0 saturated carbocycles. The van der Waals surface area contributed by atoms with Gasteiger partial charge in [0, 0.05) is 0 Å². The van der Waals surface area contributed by atoms with E-state index in [0.29, 0.717) is 4.90 Å². The normalized spacial score (nSPS) is 10.3. The minimum atomic E-state index is -1.34. The highest BCUT2D eigenvalue weighted by Gasteiger charge is 1.95. The Morgan fingerprint density at radius 1 is 1.13 bits per heavy atom. The van der Waals surface area contributed by atoms with Gasteiger partial charge in [-0.3, -0.25) is 0 Å². The van der Waals surface area contributed by atoms with Gasteiger partial charge in [0.2, 0.25) is 0 Å². The van der Waals surface area contributed by atoms with Gasteiger partial charge in [-0.25, -0.2) is 9.35 Å². The number of benzene rings is 1. The molecule has 1 rings (SSSR count). The average molecular weight is 230 g/mol. The number of rotatable bonds is 2. The van der Waals surface area contributed by atoms with E-state index >= 15 is 0 Å². The summed E-state index contributed by atoms with van der Waals surface area (Å²) in [4.78, 5) is 0.683. The van der Waals surface area contributed by atoms with E-state index in [1.807, 2.05) is 26.0 Å². The molecule has 0 bridgehead atoms. The summed E-state index contributed by atoms with van der Waals surface area (Å²) in [6.07, 6.45) is 0.998. The molecule has 15 heavy (non-hydrogen) atoms. The molecule has 1 unspecified atom stereocenters. The van der Waals surface area contributed by atoms with Gasteiger partial charge in [0.05, 0.1) is 4.90 Å². The van der Waals surface area contributed by atoms with Crippen LogP contribution in [0.15, 0.2) is 29.2 Å². The summed E-state index contributed by atoms with van der Waals surface area (Å²) in [5, 5.41) is 5.18. The van der Waals surface area contributed by atoms with Crippen molar-refractivity contribution in [3.8, 4) is 0 Å². The predicted octanol–water partition coefficient (Wildman–Crippen LogP) is 1.83. The van der Waals surface area contributed by atoms with Crippen LogP contribution in [0, 0.1) is 0 Å². The molecule has 0 aliphatic rings. The molecule has 1 aromatic carbocycles. The Bertz CT molecular complexity index is 260. The Morgan fingerprint density at radius 3 is 1.80 bits per heavy atom. The van der Waals surface area contributed by atoms with Crippen LogP contribution in [0.3, 0.4) is 0 Å². The number of hydrogen-bond acceptors (Lipinski definition) is 2. The van der Waals surface area contributed by atoms with Crippen LogP contribution in [0.4, 0.5) is 0 Å². The minimum Gasteiger partial charge on any atom is -0.333 e. The van der Waals surface area contributed by atoms with Gasteiger partial charge < -0.3 is 5.73 Å². The van der Waals surface area contributed by atoms with E-state index in [1.54, 1.807) is 12.1 Å². The molecule has 1 atom stereocenters. The maximum Gasteiger partial charge on any atom is 0.122 e. The summed E-state index contributed by atoms with van der Waals surface area (Å²) in [5.41, 5.74) is 5.74. The molecule has 1 aromatic rings. The first-order valence-electron chi connectivity index (χ1n) is 5.07. The summed E-state index contributed by atoms with van der Waals surface area (Å²) in [7, 11) is 0.161. The summed E-state index contributed by atoms with van der Waals surface area (Å²) in [6.45, 7) is 6.08. The van der Waals surface area contributed by atoms with E-state index in [1.165, 1.54) is 12.6 Å². The van der Waals surface area contributed by atoms with E-state index in [0.717, 1.165) is 6.42 Å². The van der Waals surface area contributed by atoms with Crippen molar-refractivity contribution >= 4 is 11.0 Å². The van der Waals surface area contributed by atoms with Crippen LogP contribution in [0.5, 0.6) is 0 Å². The van der Waals surface area contributed by atoms with Gasteiger partial charge in [0.1, 0.15) is 11.0 Å². The molecule has 4 heteroatoms. The van der Waals surface area contributed by atoms with Crippen molar-refractivity contribution in [2.75, 3.05) is 7.05 Å². The lowest BCUT2D eigenvalue weighted by Gasteiger charge is -1.97. The topological polar surface area (TPSA) is 69.1 Å². The molecule has 0 aliphatic carbocycles. The van der Waals surface area contributed by atoms with Crippen molar-refractivity contribution in [2.45, 2.75) is 32.1 Å². The standard InChI is InChI=1S/C8H11NOS.C2H6.CH5N/c1-2-7-3-5-8(6-4-7)11(9)10;2*1-2/h3-6H,2,9H2,1H3;1-2H3;2H2,1H3. The Labute approximate surface area is 95.5 Å². The molecule has 0 aromatic heterocycles. The summed E-state index contributed by atoms with van der Waals surface area (Å²) in [6, 6.07) is 7.49. The van der Waals surface area contributed by atoms with E-state index in [4.69, 9.17) is 5.14 Å². The van der Waals surface area contributed by atoms with E-state index < -0.39 is 11.0 Å². The third kappa shape index (κ3) is 7.25. The Balaban J connectivity index is 0. The summed E-state index contributed by atoms with van der Waals surface area (Å²) in [5.74, 6) is 0. The van der Waals surface area contributed by atoms with Gasteiger partial charge in [-0.2, -0.15) is 0 Å². The molecular weight excluding hydrogens is 208 g/mol. The van der Waals surface area contributed by atoms with Crippen LogP contribution in [-0.2, 0) is 17.4 Å². The molecule has 3 nitrogen and oxygen atoms in total. The fourth-order valence-electron chi connectivity index (χ4n) is 0.859. The fraction of sp³-hybridized carbons (Fsp3) is 0.455. The Kier molecular flexibility index (Phi) is 12.7. The highest BCUT2D eigenvalue weighted by Crippen LogP contribution is 2.06. The van der Waals surface area contributed by atoms with Crippen LogP contribution in [0.2, 0.25) is 0 Å². The van der Waals surface area contributed by atoms with Crippen molar-refractivity contribution in [3.05, 3.63) is 29.8 Å². The largest absolute Gasteiger partial charge is 0.333 e. The molecule has 0 amide bonds. The zero-order valence-corrected chi connectivity index (χ0v) is 10.8.